The summed E-state index contributed by atoms with van der Waals surface area (Å²) in [5, 5.41) is 9.29. The van der Waals surface area contributed by atoms with Gasteiger partial charge in [0.1, 0.15) is 5.54 Å². The average molecular weight is 481 g/mol. The number of guanidine groups is 1. The highest BCUT2D eigenvalue weighted by atomic mass is 127. The lowest BCUT2D eigenvalue weighted by Gasteiger charge is -2.19. The van der Waals surface area contributed by atoms with E-state index in [1.54, 1.807) is 14.0 Å². The van der Waals surface area contributed by atoms with Crippen LogP contribution < -0.4 is 16.0 Å². The van der Waals surface area contributed by atoms with Crippen LogP contribution in [0, 0.1) is 5.92 Å². The normalized spacial score (nSPS) is 20.2. The summed E-state index contributed by atoms with van der Waals surface area (Å²) in [6.07, 6.45) is 4.87. The van der Waals surface area contributed by atoms with Crippen molar-refractivity contribution in [3.8, 4) is 0 Å². The molecule has 1 heterocycles. The molecule has 0 aliphatic carbocycles. The minimum atomic E-state index is -0.752. The van der Waals surface area contributed by atoms with Gasteiger partial charge in [-0.3, -0.25) is 14.7 Å². The first-order valence-electron chi connectivity index (χ1n) is 9.42. The fourth-order valence-corrected chi connectivity index (χ4v) is 2.74. The van der Waals surface area contributed by atoms with Gasteiger partial charge in [0.15, 0.2) is 5.96 Å². The summed E-state index contributed by atoms with van der Waals surface area (Å²) in [5.74, 6) is 1.38. The number of carbonyl (C=O) groups is 2. The molecule has 1 aliphatic rings. The van der Waals surface area contributed by atoms with Gasteiger partial charge in [-0.1, -0.05) is 33.6 Å². The molecule has 1 rings (SSSR count). The number of hydrogen-bond donors (Lipinski definition) is 3. The third-order valence-electron chi connectivity index (χ3n) is 4.63. The number of rotatable bonds is 10. The lowest BCUT2D eigenvalue weighted by atomic mass is 9.99. The molecule has 1 atom stereocenters. The lowest BCUT2D eigenvalue weighted by molar-refractivity contribution is -0.130. The molecule has 0 aromatic heterocycles. The smallest absolute Gasteiger partial charge is 0.325 e. The van der Waals surface area contributed by atoms with E-state index in [1.807, 2.05) is 6.92 Å². The number of halogens is 1. The number of carbonyl (C=O) groups excluding carboxylic acids is 2. The van der Waals surface area contributed by atoms with Gasteiger partial charge < -0.3 is 16.0 Å². The van der Waals surface area contributed by atoms with Gasteiger partial charge in [-0.15, -0.1) is 24.0 Å². The number of imide groups is 1. The molecular weight excluding hydrogens is 445 g/mol. The highest BCUT2D eigenvalue weighted by Crippen LogP contribution is 2.20. The Hall–Kier alpha value is -1.06. The highest BCUT2D eigenvalue weighted by Gasteiger charge is 2.45. The van der Waals surface area contributed by atoms with Crippen LogP contribution in [0.3, 0.4) is 0 Å². The van der Waals surface area contributed by atoms with Gasteiger partial charge in [0, 0.05) is 26.7 Å². The summed E-state index contributed by atoms with van der Waals surface area (Å²) in [7, 11) is 1.74. The summed E-state index contributed by atoms with van der Waals surface area (Å²) < 4.78 is 0. The maximum absolute atomic E-state index is 12.3. The van der Waals surface area contributed by atoms with Crippen LogP contribution >= 0.6 is 24.0 Å². The minimum Gasteiger partial charge on any atom is -0.356 e. The van der Waals surface area contributed by atoms with Crippen LogP contribution in [-0.4, -0.2) is 55.0 Å². The van der Waals surface area contributed by atoms with E-state index < -0.39 is 5.54 Å². The van der Waals surface area contributed by atoms with Crippen LogP contribution in [0.5, 0.6) is 0 Å². The molecular formula is C18H36IN5O2. The van der Waals surface area contributed by atoms with Crippen LogP contribution in [0.1, 0.15) is 59.8 Å². The molecule has 1 aliphatic heterocycles. The summed E-state index contributed by atoms with van der Waals surface area (Å²) in [6, 6.07) is -0.290. The second kappa shape index (κ2) is 12.3. The van der Waals surface area contributed by atoms with Crippen molar-refractivity contribution in [3.05, 3.63) is 0 Å². The molecule has 0 saturated carbocycles. The molecule has 0 aromatic carbocycles. The van der Waals surface area contributed by atoms with Crippen molar-refractivity contribution in [1.82, 2.24) is 20.9 Å². The molecule has 3 amide bonds. The fraction of sp³-hybridized carbons (Fsp3) is 0.833. The zero-order valence-corrected chi connectivity index (χ0v) is 19.2. The van der Waals surface area contributed by atoms with E-state index in [1.165, 1.54) is 17.7 Å². The van der Waals surface area contributed by atoms with E-state index >= 15 is 0 Å². The predicted molar refractivity (Wildman–Crippen MR) is 117 cm³/mol. The molecule has 152 valence electrons. The van der Waals surface area contributed by atoms with Crippen molar-refractivity contribution >= 4 is 41.9 Å². The van der Waals surface area contributed by atoms with Crippen molar-refractivity contribution in [2.24, 2.45) is 10.9 Å². The average Bonchev–Trinajstić information content (AvgIpc) is 2.79. The van der Waals surface area contributed by atoms with Crippen LogP contribution in [0.15, 0.2) is 4.99 Å². The van der Waals surface area contributed by atoms with E-state index in [2.05, 4.69) is 34.8 Å². The van der Waals surface area contributed by atoms with Gasteiger partial charge in [-0.2, -0.15) is 0 Å². The summed E-state index contributed by atoms with van der Waals surface area (Å²) in [5.41, 5.74) is -0.752. The molecule has 1 saturated heterocycles. The number of nitrogens with one attached hydrogen (secondary N) is 3. The number of amides is 3. The Morgan fingerprint density at radius 2 is 1.81 bits per heavy atom. The minimum absolute atomic E-state index is 0. The number of aliphatic imine (C=N–C) groups is 1. The third kappa shape index (κ3) is 7.67. The number of nitrogens with zero attached hydrogens (tertiary/aromatic N) is 2. The number of unbranched alkanes of at least 4 members (excludes halogenated alkanes) is 1. The molecule has 1 fully saturated rings. The molecule has 0 spiro atoms. The maximum Gasteiger partial charge on any atom is 0.325 e. The van der Waals surface area contributed by atoms with Crippen molar-refractivity contribution in [2.75, 3.05) is 26.7 Å². The van der Waals surface area contributed by atoms with E-state index in [9.17, 15) is 9.59 Å². The van der Waals surface area contributed by atoms with Gasteiger partial charge >= 0.3 is 6.03 Å². The highest BCUT2D eigenvalue weighted by molar-refractivity contribution is 14.0. The third-order valence-corrected chi connectivity index (χ3v) is 4.63. The standard InChI is InChI=1S/C18H35N5O2.HI/c1-6-18(4)15(24)23(17(25)22-18)13-9-12-21-16(19-5)20-11-8-7-10-14(2)3;/h14H,6-13H2,1-5H3,(H,22,25)(H2,19,20,21);1H. The van der Waals surface area contributed by atoms with E-state index in [4.69, 9.17) is 0 Å². The van der Waals surface area contributed by atoms with Gasteiger partial charge in [0.05, 0.1) is 0 Å². The van der Waals surface area contributed by atoms with E-state index in [0.717, 1.165) is 24.8 Å². The Kier molecular flexibility index (Phi) is 11.8. The first-order chi connectivity index (χ1) is 11.8. The van der Waals surface area contributed by atoms with Gasteiger partial charge in [-0.25, -0.2) is 4.79 Å². The maximum atomic E-state index is 12.3. The Labute approximate surface area is 175 Å². The monoisotopic (exact) mass is 481 g/mol. The molecule has 0 bridgehead atoms. The molecule has 1 unspecified atom stereocenters. The van der Waals surface area contributed by atoms with Crippen LogP contribution in [0.2, 0.25) is 0 Å². The largest absolute Gasteiger partial charge is 0.356 e. The second-order valence-corrected chi connectivity index (χ2v) is 7.24. The Morgan fingerprint density at radius 3 is 2.31 bits per heavy atom. The van der Waals surface area contributed by atoms with Gasteiger partial charge in [0.2, 0.25) is 0 Å². The number of urea groups is 1. The molecule has 3 N–H and O–H groups in total. The van der Waals surface area contributed by atoms with Crippen LogP contribution in [0.25, 0.3) is 0 Å². The summed E-state index contributed by atoms with van der Waals surface area (Å²) in [4.78, 5) is 29.7. The quantitative estimate of drug-likeness (QED) is 0.147. The SMILES string of the molecule is CCC1(C)NC(=O)N(CCCNC(=NC)NCCCCC(C)C)C1=O.I. The molecule has 8 heteroatoms. The van der Waals surface area contributed by atoms with Crippen molar-refractivity contribution in [3.63, 3.8) is 0 Å². The number of hydrogen-bond acceptors (Lipinski definition) is 3. The first kappa shape index (κ1) is 24.9. The van der Waals surface area contributed by atoms with E-state index in [-0.39, 0.29) is 35.9 Å². The Bertz CT molecular complexity index is 484. The Balaban J connectivity index is 0.00000625. The fourth-order valence-electron chi connectivity index (χ4n) is 2.74. The molecule has 7 nitrogen and oxygen atoms in total. The van der Waals surface area contributed by atoms with Crippen LogP contribution in [0.4, 0.5) is 4.79 Å². The topological polar surface area (TPSA) is 85.8 Å². The van der Waals surface area contributed by atoms with E-state index in [0.29, 0.717) is 25.9 Å². The van der Waals surface area contributed by atoms with Crippen molar-refractivity contribution in [1.29, 1.82) is 0 Å². The molecule has 26 heavy (non-hydrogen) atoms. The zero-order valence-electron chi connectivity index (χ0n) is 16.9. The Morgan fingerprint density at radius 1 is 1.19 bits per heavy atom. The second-order valence-electron chi connectivity index (χ2n) is 7.24. The lowest BCUT2D eigenvalue weighted by Crippen LogP contribution is -2.43. The summed E-state index contributed by atoms with van der Waals surface area (Å²) >= 11 is 0. The van der Waals surface area contributed by atoms with Crippen molar-refractivity contribution in [2.45, 2.75) is 65.3 Å². The van der Waals surface area contributed by atoms with Gasteiger partial charge in [-0.05, 0) is 32.1 Å². The zero-order chi connectivity index (χ0) is 18.9. The molecule has 0 aromatic rings. The predicted octanol–water partition coefficient (Wildman–Crippen LogP) is 2.71. The summed E-state index contributed by atoms with van der Waals surface area (Å²) in [6.45, 7) is 10.1. The van der Waals surface area contributed by atoms with Gasteiger partial charge in [0.25, 0.3) is 5.91 Å². The molecule has 0 radical (unpaired) electrons. The van der Waals surface area contributed by atoms with Crippen molar-refractivity contribution < 1.29 is 9.59 Å². The first-order valence-corrected chi connectivity index (χ1v) is 9.42. The van der Waals surface area contributed by atoms with Crippen LogP contribution in [-0.2, 0) is 4.79 Å².